The molecule has 0 bridgehead atoms. The van der Waals surface area contributed by atoms with E-state index >= 15 is 0 Å². The summed E-state index contributed by atoms with van der Waals surface area (Å²) in [4.78, 5) is 69.8. The average Bonchev–Trinajstić information content (AvgIpc) is 3.47. The maximum Gasteiger partial charge on any atom is 0.289 e. The molecule has 0 radical (unpaired) electrons. The first-order valence-electron chi connectivity index (χ1n) is 16.4. The summed E-state index contributed by atoms with van der Waals surface area (Å²) in [5, 5.41) is 12.8. The Kier molecular flexibility index (Phi) is 11.4. The number of fused-ring (bicyclic) bond motifs is 1. The lowest BCUT2D eigenvalue weighted by atomic mass is 9.84. The van der Waals surface area contributed by atoms with Crippen LogP contribution in [-0.4, -0.2) is 59.1 Å². The Morgan fingerprint density at radius 3 is 2.24 bits per heavy atom. The molecule has 3 aliphatic rings. The van der Waals surface area contributed by atoms with Crippen molar-refractivity contribution in [3.63, 3.8) is 0 Å². The third-order valence-corrected chi connectivity index (χ3v) is 10.1. The van der Waals surface area contributed by atoms with Crippen LogP contribution in [-0.2, 0) is 19.2 Å². The Morgan fingerprint density at radius 1 is 0.822 bits per heavy atom. The second-order valence-electron chi connectivity index (χ2n) is 12.9. The van der Waals surface area contributed by atoms with Crippen LogP contribution in [0.25, 0.3) is 10.9 Å². The number of benzene rings is 1. The number of carbonyl (C=O) groups is 5. The Hall–Kier alpha value is -3.11. The van der Waals surface area contributed by atoms with Gasteiger partial charge >= 0.3 is 0 Å². The van der Waals surface area contributed by atoms with Crippen molar-refractivity contribution in [1.29, 1.82) is 0 Å². The Bertz CT molecular complexity index is 1420. The molecule has 3 atom stereocenters. The SMILES string of the molecule is O=C(NC1CCCCC1)C(=O)[C@H](C[C@@H]1CCCNC1=O)NC(=O)[C@H](CC1CCCCC1)NC(=O)c1cc2c(Cl)cc(Cl)cc2[nH]1. The van der Waals surface area contributed by atoms with Gasteiger partial charge in [-0.25, -0.2) is 0 Å². The summed E-state index contributed by atoms with van der Waals surface area (Å²) in [6, 6.07) is 2.64. The molecule has 244 valence electrons. The first-order valence-corrected chi connectivity index (χ1v) is 17.1. The highest BCUT2D eigenvalue weighted by Gasteiger charge is 2.36. The molecule has 1 aromatic carbocycles. The molecular formula is C33H43Cl2N5O5. The lowest BCUT2D eigenvalue weighted by molar-refractivity contribution is -0.141. The molecule has 0 unspecified atom stereocenters. The van der Waals surface area contributed by atoms with E-state index in [0.29, 0.717) is 40.3 Å². The van der Waals surface area contributed by atoms with Crippen molar-refractivity contribution in [3.8, 4) is 0 Å². The van der Waals surface area contributed by atoms with Crippen LogP contribution in [0, 0.1) is 11.8 Å². The maximum atomic E-state index is 13.9. The topological polar surface area (TPSA) is 149 Å². The summed E-state index contributed by atoms with van der Waals surface area (Å²) < 4.78 is 0. The van der Waals surface area contributed by atoms with Gasteiger partial charge in [-0.3, -0.25) is 24.0 Å². The molecule has 1 saturated heterocycles. The largest absolute Gasteiger partial charge is 0.356 e. The van der Waals surface area contributed by atoms with Gasteiger partial charge in [0.1, 0.15) is 11.7 Å². The minimum atomic E-state index is -1.20. The third kappa shape index (κ3) is 8.79. The van der Waals surface area contributed by atoms with Crippen molar-refractivity contribution in [2.75, 3.05) is 6.54 Å². The van der Waals surface area contributed by atoms with Crippen LogP contribution < -0.4 is 21.3 Å². The Balaban J connectivity index is 1.35. The summed E-state index contributed by atoms with van der Waals surface area (Å²) in [7, 11) is 0. The molecule has 1 aromatic heterocycles. The number of hydrogen-bond donors (Lipinski definition) is 5. The monoisotopic (exact) mass is 659 g/mol. The highest BCUT2D eigenvalue weighted by molar-refractivity contribution is 6.39. The van der Waals surface area contributed by atoms with Crippen molar-refractivity contribution in [2.24, 2.45) is 11.8 Å². The van der Waals surface area contributed by atoms with E-state index in [-0.39, 0.29) is 30.0 Å². The minimum Gasteiger partial charge on any atom is -0.356 e. The molecule has 3 fully saturated rings. The predicted octanol–water partition coefficient (Wildman–Crippen LogP) is 4.96. The molecular weight excluding hydrogens is 617 g/mol. The molecule has 1 aliphatic heterocycles. The van der Waals surface area contributed by atoms with Gasteiger partial charge < -0.3 is 26.3 Å². The summed E-state index contributed by atoms with van der Waals surface area (Å²) in [5.74, 6) is -3.04. The van der Waals surface area contributed by atoms with Crippen molar-refractivity contribution >= 4 is 63.5 Å². The van der Waals surface area contributed by atoms with Crippen LogP contribution in [0.3, 0.4) is 0 Å². The number of amides is 4. The second kappa shape index (κ2) is 15.5. The Labute approximate surface area is 273 Å². The molecule has 12 heteroatoms. The van der Waals surface area contributed by atoms with Gasteiger partial charge in [-0.15, -0.1) is 0 Å². The number of aromatic amines is 1. The van der Waals surface area contributed by atoms with Crippen molar-refractivity contribution < 1.29 is 24.0 Å². The molecule has 5 N–H and O–H groups in total. The number of Topliss-reactive ketones (excluding diaryl/α,β-unsaturated/α-hetero) is 1. The fraction of sp³-hybridized carbons (Fsp3) is 0.606. The number of rotatable bonds is 11. The number of carbonyl (C=O) groups excluding carboxylic acids is 5. The van der Waals surface area contributed by atoms with E-state index < -0.39 is 41.5 Å². The van der Waals surface area contributed by atoms with Crippen LogP contribution in [0.15, 0.2) is 18.2 Å². The molecule has 2 saturated carbocycles. The van der Waals surface area contributed by atoms with E-state index in [2.05, 4.69) is 26.3 Å². The number of aromatic nitrogens is 1. The summed E-state index contributed by atoms with van der Waals surface area (Å²) in [6.45, 7) is 0.559. The summed E-state index contributed by atoms with van der Waals surface area (Å²) in [5.41, 5.74) is 0.806. The van der Waals surface area contributed by atoms with Gasteiger partial charge in [0.05, 0.1) is 11.1 Å². The smallest absolute Gasteiger partial charge is 0.289 e. The number of hydrogen-bond acceptors (Lipinski definition) is 5. The minimum absolute atomic E-state index is 0.0138. The molecule has 5 rings (SSSR count). The summed E-state index contributed by atoms with van der Waals surface area (Å²) in [6.07, 6.45) is 11.5. The van der Waals surface area contributed by atoms with E-state index in [1.54, 1.807) is 18.2 Å². The Morgan fingerprint density at radius 2 is 1.53 bits per heavy atom. The number of nitrogens with one attached hydrogen (secondary N) is 5. The first kappa shape index (κ1) is 33.3. The first-order chi connectivity index (χ1) is 21.7. The van der Waals surface area contributed by atoms with Crippen LogP contribution in [0.4, 0.5) is 0 Å². The third-order valence-electron chi connectivity index (χ3n) is 9.53. The fourth-order valence-corrected chi connectivity index (χ4v) is 7.56. The molecule has 45 heavy (non-hydrogen) atoms. The summed E-state index contributed by atoms with van der Waals surface area (Å²) >= 11 is 12.5. The normalized spacial score (nSPS) is 21.0. The van der Waals surface area contributed by atoms with Crippen LogP contribution >= 0.6 is 23.2 Å². The standard InChI is InChI=1S/C33H43Cl2N5O5/c34-21-16-24(35)23-18-28(38-25(23)17-21)32(44)40-27(14-19-8-3-1-4-9-19)31(43)39-26(15-20-10-7-13-36-30(20)42)29(41)33(45)37-22-11-5-2-6-12-22/h16-20,22,26-27,38H,1-15H2,(H,36,42)(H,37,45)(H,39,43)(H,40,44)/t20-,26-,27-/m0/s1. The van der Waals surface area contributed by atoms with Gasteiger partial charge in [0, 0.05) is 34.4 Å². The van der Waals surface area contributed by atoms with E-state index in [1.165, 1.54) is 0 Å². The van der Waals surface area contributed by atoms with Gasteiger partial charge in [0.15, 0.2) is 0 Å². The van der Waals surface area contributed by atoms with Crippen molar-refractivity contribution in [3.05, 3.63) is 33.9 Å². The molecule has 4 amide bonds. The molecule has 2 heterocycles. The number of piperidine rings is 1. The van der Waals surface area contributed by atoms with Gasteiger partial charge in [-0.1, -0.05) is 74.6 Å². The lowest BCUT2D eigenvalue weighted by Gasteiger charge is -2.30. The van der Waals surface area contributed by atoms with Gasteiger partial charge in [-0.05, 0) is 62.6 Å². The van der Waals surface area contributed by atoms with E-state index in [4.69, 9.17) is 23.2 Å². The fourth-order valence-electron chi connectivity index (χ4n) is 7.02. The molecule has 2 aliphatic carbocycles. The number of H-pyrrole nitrogens is 1. The number of ketones is 1. The zero-order valence-electron chi connectivity index (χ0n) is 25.5. The average molecular weight is 661 g/mol. The van der Waals surface area contributed by atoms with E-state index in [0.717, 1.165) is 70.6 Å². The van der Waals surface area contributed by atoms with Gasteiger partial charge in [0.25, 0.3) is 11.8 Å². The highest BCUT2D eigenvalue weighted by Crippen LogP contribution is 2.30. The zero-order chi connectivity index (χ0) is 31.9. The zero-order valence-corrected chi connectivity index (χ0v) is 27.0. The van der Waals surface area contributed by atoms with Gasteiger partial charge in [0.2, 0.25) is 17.6 Å². The predicted molar refractivity (Wildman–Crippen MR) is 173 cm³/mol. The van der Waals surface area contributed by atoms with E-state index in [1.807, 2.05) is 0 Å². The molecule has 0 spiro atoms. The van der Waals surface area contributed by atoms with Gasteiger partial charge in [-0.2, -0.15) is 0 Å². The quantitative estimate of drug-likeness (QED) is 0.216. The van der Waals surface area contributed by atoms with Crippen LogP contribution in [0.5, 0.6) is 0 Å². The second-order valence-corrected chi connectivity index (χ2v) is 13.7. The number of halogens is 2. The molecule has 10 nitrogen and oxygen atoms in total. The van der Waals surface area contributed by atoms with Crippen LogP contribution in [0.2, 0.25) is 10.0 Å². The molecule has 2 aromatic rings. The van der Waals surface area contributed by atoms with E-state index in [9.17, 15) is 24.0 Å². The lowest BCUT2D eigenvalue weighted by Crippen LogP contribution is -2.56. The van der Waals surface area contributed by atoms with Crippen LogP contribution in [0.1, 0.15) is 100 Å². The highest BCUT2D eigenvalue weighted by atomic mass is 35.5. The van der Waals surface area contributed by atoms with Crippen molar-refractivity contribution in [2.45, 2.75) is 108 Å². The van der Waals surface area contributed by atoms with Crippen molar-refractivity contribution in [1.82, 2.24) is 26.3 Å². The maximum absolute atomic E-state index is 13.9.